The minimum absolute atomic E-state index is 0.309. The maximum atomic E-state index is 10.6. The molecule has 0 aliphatic heterocycles. The summed E-state index contributed by atoms with van der Waals surface area (Å²) in [6.45, 7) is 3.27. The third-order valence-corrected chi connectivity index (χ3v) is 0.842. The van der Waals surface area contributed by atoms with E-state index in [0.29, 0.717) is 5.95 Å². The molecular weight excluding hydrogens is 131 g/mol. The van der Waals surface area contributed by atoms with Crippen molar-refractivity contribution in [1.29, 1.82) is 0 Å². The maximum absolute atomic E-state index is 10.6. The van der Waals surface area contributed by atoms with Gasteiger partial charge < -0.3 is 0 Å². The Kier molecular flexibility index (Phi) is 1.94. The van der Waals surface area contributed by atoms with Gasteiger partial charge in [0.25, 0.3) is 0 Å². The molecule has 6 heteroatoms. The Morgan fingerprint density at radius 2 is 2.70 bits per heavy atom. The van der Waals surface area contributed by atoms with Gasteiger partial charge in [-0.05, 0) is 0 Å². The molecule has 0 aromatic carbocycles. The van der Waals surface area contributed by atoms with Crippen molar-refractivity contribution in [3.63, 3.8) is 0 Å². The second kappa shape index (κ2) is 2.91. The fraction of sp³-hybridized carbons (Fsp3) is 0. The van der Waals surface area contributed by atoms with E-state index in [1.54, 1.807) is 0 Å². The Bertz CT molecular complexity index is 231. The first-order valence-electron chi connectivity index (χ1n) is 2.61. The van der Waals surface area contributed by atoms with Gasteiger partial charge in [0.1, 0.15) is 0 Å². The van der Waals surface area contributed by atoms with Crippen LogP contribution < -0.4 is 5.32 Å². The first kappa shape index (κ1) is 6.66. The first-order valence-corrected chi connectivity index (χ1v) is 2.61. The summed E-state index contributed by atoms with van der Waals surface area (Å²) in [5, 5.41) is 8.37. The summed E-state index contributed by atoms with van der Waals surface area (Å²) in [6.07, 6.45) is 1.16. The van der Waals surface area contributed by atoms with Gasteiger partial charge in [0.15, 0.2) is 0 Å². The number of carbonyl (C=O) groups excluding carboxylic acids is 1. The summed E-state index contributed by atoms with van der Waals surface area (Å²) in [5.74, 6) is 0.0154. The molecule has 0 aliphatic rings. The average Bonchev–Trinajstić information content (AvgIpc) is 2.40. The van der Waals surface area contributed by atoms with Crippen LogP contribution >= 0.6 is 0 Å². The summed E-state index contributed by atoms with van der Waals surface area (Å²) in [5.41, 5.74) is 0. The van der Waals surface area contributed by atoms with E-state index in [2.05, 4.69) is 26.9 Å². The van der Waals surface area contributed by atoms with Crippen molar-refractivity contribution < 1.29 is 4.79 Å². The predicted molar refractivity (Wildman–Crippen MR) is 36.6 cm³/mol. The van der Waals surface area contributed by atoms with Crippen molar-refractivity contribution in [2.45, 2.75) is 0 Å². The Morgan fingerprint density at radius 1 is 1.90 bits per heavy atom. The summed E-state index contributed by atoms with van der Waals surface area (Å²) < 4.78 is 0. The molecule has 1 heterocycles. The fourth-order valence-electron chi connectivity index (χ4n) is 0.433. The molecular formula is C4H5BN4O. The summed E-state index contributed by atoms with van der Waals surface area (Å²) in [7, 11) is 1.30. The molecule has 2 N–H and O–H groups in total. The zero-order valence-electron chi connectivity index (χ0n) is 5.16. The van der Waals surface area contributed by atoms with Gasteiger partial charge in [0, 0.05) is 0 Å². The number of nitrogens with one attached hydrogen (secondary N) is 2. The molecule has 0 fully saturated rings. The molecule has 1 aromatic rings. The Labute approximate surface area is 57.8 Å². The number of anilines is 1. The zero-order chi connectivity index (χ0) is 7.40. The second-order valence-corrected chi connectivity index (χ2v) is 1.53. The van der Waals surface area contributed by atoms with Crippen molar-refractivity contribution in [2.75, 3.05) is 5.32 Å². The van der Waals surface area contributed by atoms with Crippen molar-refractivity contribution in [2.24, 2.45) is 0 Å². The number of aromatic nitrogens is 3. The summed E-state index contributed by atoms with van der Waals surface area (Å²) in [4.78, 5) is 14.2. The molecule has 0 saturated heterocycles. The van der Waals surface area contributed by atoms with Gasteiger partial charge >= 0.3 is 56.8 Å². The molecule has 0 saturated carbocycles. The topological polar surface area (TPSA) is 70.7 Å². The van der Waals surface area contributed by atoms with Crippen LogP contribution in [0.2, 0.25) is 0 Å². The van der Waals surface area contributed by atoms with E-state index in [1.807, 2.05) is 0 Å². The van der Waals surface area contributed by atoms with Crippen LogP contribution in [0.25, 0.3) is 0 Å². The van der Waals surface area contributed by atoms with Crippen molar-refractivity contribution in [1.82, 2.24) is 15.0 Å². The molecule has 0 spiro atoms. The van der Waals surface area contributed by atoms with Crippen molar-refractivity contribution in [3.8, 4) is 0 Å². The van der Waals surface area contributed by atoms with Crippen LogP contribution in [0.4, 0.5) is 5.95 Å². The molecule has 0 atom stereocenters. The number of carbonyl (C=O) groups is 1. The van der Waals surface area contributed by atoms with Crippen LogP contribution in [0.5, 0.6) is 0 Å². The number of rotatable bonds is 2. The standard InChI is InChI=1S/C4H5BN4O/c1-2-3(10)6-4-7-5-9-8-4/h2H,1H2,(H2,6,7,8,10). The van der Waals surface area contributed by atoms with Crippen molar-refractivity contribution >= 4 is 19.1 Å². The van der Waals surface area contributed by atoms with E-state index in [-0.39, 0.29) is 5.91 Å². The number of hydrogen-bond acceptors (Lipinski definition) is 3. The van der Waals surface area contributed by atoms with Crippen LogP contribution in [-0.2, 0) is 4.79 Å². The zero-order valence-corrected chi connectivity index (χ0v) is 5.16. The quantitative estimate of drug-likeness (QED) is 0.526. The van der Waals surface area contributed by atoms with Gasteiger partial charge in [-0.2, -0.15) is 0 Å². The van der Waals surface area contributed by atoms with Gasteiger partial charge in [-0.1, -0.05) is 0 Å². The van der Waals surface area contributed by atoms with Crippen molar-refractivity contribution in [3.05, 3.63) is 12.7 Å². The predicted octanol–water partition coefficient (Wildman–Crippen LogP) is -0.733. The summed E-state index contributed by atoms with van der Waals surface area (Å²) >= 11 is 0. The van der Waals surface area contributed by atoms with Crippen LogP contribution in [0, 0.1) is 0 Å². The molecule has 1 amide bonds. The first-order chi connectivity index (χ1) is 4.83. The number of amides is 1. The molecule has 5 nitrogen and oxygen atoms in total. The summed E-state index contributed by atoms with van der Waals surface area (Å²) in [6, 6.07) is 0. The van der Waals surface area contributed by atoms with E-state index < -0.39 is 0 Å². The minimum atomic E-state index is -0.309. The molecule has 0 bridgehead atoms. The number of hydrogen-bond donors (Lipinski definition) is 2. The van der Waals surface area contributed by atoms with Gasteiger partial charge in [-0.25, -0.2) is 0 Å². The van der Waals surface area contributed by atoms with Gasteiger partial charge in [-0.3, -0.25) is 0 Å². The van der Waals surface area contributed by atoms with E-state index in [4.69, 9.17) is 0 Å². The second-order valence-electron chi connectivity index (χ2n) is 1.53. The molecule has 0 unspecified atom stereocenters. The monoisotopic (exact) mass is 136 g/mol. The third kappa shape index (κ3) is 1.51. The number of aromatic amines is 1. The molecule has 50 valence electrons. The number of H-pyrrole nitrogens is 1. The fourth-order valence-corrected chi connectivity index (χ4v) is 0.433. The Morgan fingerprint density at radius 3 is 3.20 bits per heavy atom. The van der Waals surface area contributed by atoms with Crippen LogP contribution in [0.15, 0.2) is 12.7 Å². The molecule has 0 radical (unpaired) electrons. The van der Waals surface area contributed by atoms with Crippen LogP contribution in [-0.4, -0.2) is 28.1 Å². The third-order valence-electron chi connectivity index (χ3n) is 0.842. The normalized spacial score (nSPS) is 8.40. The molecule has 0 aliphatic carbocycles. The van der Waals surface area contributed by atoms with Gasteiger partial charge in [-0.15, -0.1) is 0 Å². The van der Waals surface area contributed by atoms with Crippen LogP contribution in [0.3, 0.4) is 0 Å². The Hall–Kier alpha value is -1.46. The molecule has 10 heavy (non-hydrogen) atoms. The van der Waals surface area contributed by atoms with Gasteiger partial charge in [0.2, 0.25) is 0 Å². The molecule has 1 aromatic heterocycles. The van der Waals surface area contributed by atoms with E-state index in [9.17, 15) is 4.79 Å². The van der Waals surface area contributed by atoms with E-state index in [1.165, 1.54) is 7.19 Å². The van der Waals surface area contributed by atoms with E-state index in [0.717, 1.165) is 6.08 Å². The van der Waals surface area contributed by atoms with Crippen LogP contribution in [0.1, 0.15) is 0 Å². The average molecular weight is 136 g/mol. The Balaban J connectivity index is 2.56. The number of nitrogens with zero attached hydrogens (tertiary/aromatic N) is 2. The molecule has 1 rings (SSSR count). The van der Waals surface area contributed by atoms with E-state index >= 15 is 0 Å². The SMILES string of the molecule is C=CC(=O)Nc1nbn[nH]1. The van der Waals surface area contributed by atoms with Gasteiger partial charge in [0.05, 0.1) is 0 Å².